The third kappa shape index (κ3) is 1.51. The number of nitrogens with zero attached hydrogens (tertiary/aromatic N) is 1. The van der Waals surface area contributed by atoms with Gasteiger partial charge in [0, 0.05) is 29.4 Å². The Hall–Kier alpha value is -2.33. The van der Waals surface area contributed by atoms with Gasteiger partial charge in [-0.2, -0.15) is 0 Å². The summed E-state index contributed by atoms with van der Waals surface area (Å²) in [6.45, 7) is 1.23. The number of hydrogen-bond donors (Lipinski definition) is 1. The van der Waals surface area contributed by atoms with Crippen molar-refractivity contribution in [1.29, 1.82) is 0 Å². The molecule has 4 nitrogen and oxygen atoms in total. The zero-order valence-electron chi connectivity index (χ0n) is 11.4. The van der Waals surface area contributed by atoms with Crippen LogP contribution < -0.4 is 14.8 Å². The first-order valence-corrected chi connectivity index (χ1v) is 7.23. The Morgan fingerprint density at radius 3 is 3.14 bits per heavy atom. The van der Waals surface area contributed by atoms with Gasteiger partial charge in [0.1, 0.15) is 6.17 Å². The Balaban J connectivity index is 1.92. The van der Waals surface area contributed by atoms with Crippen molar-refractivity contribution in [3.63, 3.8) is 0 Å². The quantitative estimate of drug-likeness (QED) is 0.805. The summed E-state index contributed by atoms with van der Waals surface area (Å²) in [5.41, 5.74) is 6.00. The summed E-state index contributed by atoms with van der Waals surface area (Å²) >= 11 is 0. The Morgan fingerprint density at radius 2 is 2.14 bits per heavy atom. The van der Waals surface area contributed by atoms with Gasteiger partial charge in [-0.3, -0.25) is 10.3 Å². The van der Waals surface area contributed by atoms with Gasteiger partial charge < -0.3 is 9.47 Å². The molecule has 0 amide bonds. The normalized spacial score (nSPS) is 20.7. The topological polar surface area (TPSA) is 42.9 Å². The molecule has 4 heteroatoms. The van der Waals surface area contributed by atoms with Crippen molar-refractivity contribution < 1.29 is 9.47 Å². The van der Waals surface area contributed by atoms with E-state index in [0.29, 0.717) is 6.79 Å². The number of hydrogen-bond acceptors (Lipinski definition) is 4. The smallest absolute Gasteiger partial charge is 0.231 e. The molecule has 3 aliphatic heterocycles. The van der Waals surface area contributed by atoms with Gasteiger partial charge in [0.05, 0.1) is 0 Å². The van der Waals surface area contributed by atoms with E-state index in [-0.39, 0.29) is 6.17 Å². The van der Waals surface area contributed by atoms with Crippen molar-refractivity contribution in [3.05, 3.63) is 47.0 Å². The summed E-state index contributed by atoms with van der Waals surface area (Å²) in [7, 11) is 0. The van der Waals surface area contributed by atoms with E-state index in [4.69, 9.17) is 14.5 Å². The van der Waals surface area contributed by atoms with Gasteiger partial charge in [0.25, 0.3) is 0 Å². The van der Waals surface area contributed by atoms with Gasteiger partial charge in [0.15, 0.2) is 11.5 Å². The van der Waals surface area contributed by atoms with E-state index in [9.17, 15) is 0 Å². The molecule has 1 atom stereocenters. The van der Waals surface area contributed by atoms with Crippen LogP contribution in [0.4, 0.5) is 0 Å². The standard InChI is InChI=1S/C17H14N2O2/c1-2-4-12-11(3-1)8-19-17-14-10(5-6-18-17)7-13-16(15(12)14)21-9-20-13/h1-4,7-8,17-18H,5-6,9H2/t17-/m0/s1. The minimum absolute atomic E-state index is 0.00523. The first kappa shape index (κ1) is 11.3. The highest BCUT2D eigenvalue weighted by molar-refractivity contribution is 5.95. The van der Waals surface area contributed by atoms with E-state index in [0.717, 1.165) is 35.6 Å². The van der Waals surface area contributed by atoms with Gasteiger partial charge in [-0.1, -0.05) is 24.3 Å². The SMILES string of the molecule is C1=N[C@@H]2NCCc3cc4c(c(c32)-c2ccccc21)OCO4. The molecule has 3 heterocycles. The van der Waals surface area contributed by atoms with Crippen molar-refractivity contribution in [2.75, 3.05) is 13.3 Å². The van der Waals surface area contributed by atoms with Crippen LogP contribution in [-0.2, 0) is 6.42 Å². The Morgan fingerprint density at radius 1 is 1.19 bits per heavy atom. The number of ether oxygens (including phenoxy) is 2. The lowest BCUT2D eigenvalue weighted by molar-refractivity contribution is 0.174. The molecule has 2 aromatic carbocycles. The second-order valence-electron chi connectivity index (χ2n) is 5.53. The first-order valence-electron chi connectivity index (χ1n) is 7.23. The second-order valence-corrected chi connectivity index (χ2v) is 5.53. The summed E-state index contributed by atoms with van der Waals surface area (Å²) in [6.07, 6.45) is 2.96. The third-order valence-electron chi connectivity index (χ3n) is 4.39. The number of fused-ring (bicyclic) bond motifs is 4. The van der Waals surface area contributed by atoms with Crippen LogP contribution in [0.3, 0.4) is 0 Å². The molecule has 0 unspecified atom stereocenters. The largest absolute Gasteiger partial charge is 0.454 e. The van der Waals surface area contributed by atoms with Gasteiger partial charge in [0.2, 0.25) is 6.79 Å². The lowest BCUT2D eigenvalue weighted by atomic mass is 9.88. The van der Waals surface area contributed by atoms with Gasteiger partial charge >= 0.3 is 0 Å². The number of rotatable bonds is 0. The van der Waals surface area contributed by atoms with Gasteiger partial charge in [-0.05, 0) is 23.6 Å². The van der Waals surface area contributed by atoms with E-state index in [1.807, 2.05) is 12.3 Å². The Kier molecular flexibility index (Phi) is 2.21. The predicted molar refractivity (Wildman–Crippen MR) is 80.0 cm³/mol. The summed E-state index contributed by atoms with van der Waals surface area (Å²) in [6, 6.07) is 10.5. The average Bonchev–Trinajstić information content (AvgIpc) is 2.92. The van der Waals surface area contributed by atoms with Crippen LogP contribution in [0.15, 0.2) is 35.3 Å². The lowest BCUT2D eigenvalue weighted by Gasteiger charge is -2.26. The molecule has 0 spiro atoms. The van der Waals surface area contributed by atoms with Gasteiger partial charge in [-0.15, -0.1) is 0 Å². The zero-order valence-corrected chi connectivity index (χ0v) is 11.4. The molecule has 104 valence electrons. The molecule has 0 bridgehead atoms. The molecule has 0 radical (unpaired) electrons. The molecule has 21 heavy (non-hydrogen) atoms. The molecule has 0 aliphatic carbocycles. The fourth-order valence-corrected chi connectivity index (χ4v) is 3.46. The average molecular weight is 278 g/mol. The van der Waals surface area contributed by atoms with Gasteiger partial charge in [-0.25, -0.2) is 0 Å². The van der Waals surface area contributed by atoms with Crippen LogP contribution in [0, 0.1) is 0 Å². The molecule has 0 fully saturated rings. The monoisotopic (exact) mass is 278 g/mol. The number of aliphatic imine (C=N–C) groups is 1. The van der Waals surface area contributed by atoms with Crippen LogP contribution in [0.5, 0.6) is 11.5 Å². The maximum Gasteiger partial charge on any atom is 0.231 e. The molecule has 3 aliphatic rings. The predicted octanol–water partition coefficient (Wildman–Crippen LogP) is 2.66. The second kappa shape index (κ2) is 4.09. The fourth-order valence-electron chi connectivity index (χ4n) is 3.46. The molecule has 0 aromatic heterocycles. The fraction of sp³-hybridized carbons (Fsp3) is 0.235. The number of benzene rings is 2. The maximum atomic E-state index is 5.78. The van der Waals surface area contributed by atoms with E-state index < -0.39 is 0 Å². The molecular weight excluding hydrogens is 264 g/mol. The van der Waals surface area contributed by atoms with Crippen molar-refractivity contribution in [3.8, 4) is 22.6 Å². The summed E-state index contributed by atoms with van der Waals surface area (Å²) < 4.78 is 11.4. The van der Waals surface area contributed by atoms with Crippen LogP contribution in [-0.4, -0.2) is 19.6 Å². The van der Waals surface area contributed by atoms with Crippen molar-refractivity contribution in [2.45, 2.75) is 12.6 Å². The Bertz CT molecular complexity index is 783. The zero-order chi connectivity index (χ0) is 13.8. The maximum absolute atomic E-state index is 5.78. The highest BCUT2D eigenvalue weighted by Crippen LogP contribution is 2.49. The van der Waals surface area contributed by atoms with Crippen LogP contribution in [0.2, 0.25) is 0 Å². The summed E-state index contributed by atoms with van der Waals surface area (Å²) in [5, 5.41) is 3.49. The minimum Gasteiger partial charge on any atom is -0.454 e. The van der Waals surface area contributed by atoms with Crippen molar-refractivity contribution in [2.24, 2.45) is 4.99 Å². The summed E-state index contributed by atoms with van der Waals surface area (Å²) in [5.74, 6) is 1.72. The van der Waals surface area contributed by atoms with Crippen molar-refractivity contribution >= 4 is 6.21 Å². The Labute approximate surface area is 122 Å². The lowest BCUT2D eigenvalue weighted by Crippen LogP contribution is -2.29. The molecule has 5 rings (SSSR count). The first-order chi connectivity index (χ1) is 10.4. The molecule has 1 N–H and O–H groups in total. The van der Waals surface area contributed by atoms with Crippen molar-refractivity contribution in [1.82, 2.24) is 5.32 Å². The van der Waals surface area contributed by atoms with E-state index >= 15 is 0 Å². The molecule has 0 saturated heterocycles. The van der Waals surface area contributed by atoms with E-state index in [1.54, 1.807) is 0 Å². The van der Waals surface area contributed by atoms with Crippen LogP contribution in [0.25, 0.3) is 11.1 Å². The molecular formula is C17H14N2O2. The van der Waals surface area contributed by atoms with E-state index in [2.05, 4.69) is 29.6 Å². The number of nitrogens with one attached hydrogen (secondary N) is 1. The summed E-state index contributed by atoms with van der Waals surface area (Å²) in [4.78, 5) is 4.73. The molecule has 0 saturated carbocycles. The third-order valence-corrected chi connectivity index (χ3v) is 4.39. The highest BCUT2D eigenvalue weighted by atomic mass is 16.7. The van der Waals surface area contributed by atoms with E-state index in [1.165, 1.54) is 16.7 Å². The molecule has 2 aromatic rings. The van der Waals surface area contributed by atoms with Crippen LogP contribution >= 0.6 is 0 Å². The highest BCUT2D eigenvalue weighted by Gasteiger charge is 2.32. The van der Waals surface area contributed by atoms with Crippen LogP contribution in [0.1, 0.15) is 22.9 Å². The minimum atomic E-state index is 0.00523.